The van der Waals surface area contributed by atoms with E-state index < -0.39 is 5.54 Å². The summed E-state index contributed by atoms with van der Waals surface area (Å²) in [7, 11) is 0. The van der Waals surface area contributed by atoms with E-state index in [-0.39, 0.29) is 11.9 Å². The van der Waals surface area contributed by atoms with Crippen LogP contribution in [-0.2, 0) is 4.79 Å². The number of carbonyl (C=O) groups is 1. The fraction of sp³-hybridized carbons (Fsp3) is 0.900. The molecule has 0 radical (unpaired) electrons. The third kappa shape index (κ3) is 3.77. The van der Waals surface area contributed by atoms with E-state index in [9.17, 15) is 4.79 Å². The molecular weight excluding hydrogens is 164 g/mol. The Balaban J connectivity index is 4.13. The van der Waals surface area contributed by atoms with Crippen molar-refractivity contribution in [1.29, 1.82) is 0 Å². The molecule has 0 rings (SSSR count). The van der Waals surface area contributed by atoms with Gasteiger partial charge < -0.3 is 11.1 Å². The number of hydrogen-bond acceptors (Lipinski definition) is 2. The largest absolute Gasteiger partial charge is 0.352 e. The topological polar surface area (TPSA) is 55.1 Å². The molecule has 0 bridgehead atoms. The molecule has 0 heterocycles. The minimum Gasteiger partial charge on any atom is -0.352 e. The molecule has 1 amide bonds. The van der Waals surface area contributed by atoms with Gasteiger partial charge in [-0.3, -0.25) is 4.79 Å². The van der Waals surface area contributed by atoms with E-state index in [4.69, 9.17) is 5.73 Å². The lowest BCUT2D eigenvalue weighted by atomic mass is 9.98. The Morgan fingerprint density at radius 1 is 1.38 bits per heavy atom. The van der Waals surface area contributed by atoms with E-state index >= 15 is 0 Å². The van der Waals surface area contributed by atoms with Gasteiger partial charge in [-0.05, 0) is 26.2 Å². The average Bonchev–Trinajstić information content (AvgIpc) is 2.13. The van der Waals surface area contributed by atoms with Crippen molar-refractivity contribution in [3.63, 3.8) is 0 Å². The van der Waals surface area contributed by atoms with Gasteiger partial charge in [0.25, 0.3) is 0 Å². The van der Waals surface area contributed by atoms with E-state index in [0.29, 0.717) is 6.42 Å². The van der Waals surface area contributed by atoms with Gasteiger partial charge in [-0.1, -0.05) is 20.8 Å². The molecule has 1 unspecified atom stereocenters. The molecule has 0 spiro atoms. The molecule has 0 saturated heterocycles. The van der Waals surface area contributed by atoms with Crippen molar-refractivity contribution < 1.29 is 4.79 Å². The molecular formula is C10H22N2O. The minimum absolute atomic E-state index is 0.0382. The lowest BCUT2D eigenvalue weighted by Crippen LogP contribution is -2.53. The summed E-state index contributed by atoms with van der Waals surface area (Å²) in [5.74, 6) is -0.0382. The smallest absolute Gasteiger partial charge is 0.239 e. The first-order valence-corrected chi connectivity index (χ1v) is 5.07. The van der Waals surface area contributed by atoms with Gasteiger partial charge in [-0.25, -0.2) is 0 Å². The third-order valence-corrected chi connectivity index (χ3v) is 2.57. The van der Waals surface area contributed by atoms with Crippen molar-refractivity contribution in [2.45, 2.75) is 58.5 Å². The highest BCUT2D eigenvalue weighted by atomic mass is 16.2. The molecule has 0 aromatic carbocycles. The van der Waals surface area contributed by atoms with E-state index in [1.54, 1.807) is 6.92 Å². The fourth-order valence-electron chi connectivity index (χ4n) is 1.00. The molecule has 3 nitrogen and oxygen atoms in total. The Morgan fingerprint density at radius 3 is 2.15 bits per heavy atom. The Kier molecular flexibility index (Phi) is 4.99. The zero-order valence-electron chi connectivity index (χ0n) is 9.18. The maximum atomic E-state index is 11.6. The van der Waals surface area contributed by atoms with Crippen LogP contribution in [0, 0.1) is 0 Å². The molecule has 0 aliphatic rings. The minimum atomic E-state index is -0.720. The highest BCUT2D eigenvalue weighted by Gasteiger charge is 2.26. The second kappa shape index (κ2) is 5.22. The Labute approximate surface area is 81.1 Å². The lowest BCUT2D eigenvalue weighted by molar-refractivity contribution is -0.126. The van der Waals surface area contributed by atoms with E-state index in [0.717, 1.165) is 12.8 Å². The SMILES string of the molecule is CCC(CC)NC(=O)C(C)(N)CC. The molecule has 0 aliphatic carbocycles. The van der Waals surface area contributed by atoms with Crippen LogP contribution in [-0.4, -0.2) is 17.5 Å². The van der Waals surface area contributed by atoms with Crippen molar-refractivity contribution >= 4 is 5.91 Å². The molecule has 13 heavy (non-hydrogen) atoms. The van der Waals surface area contributed by atoms with Gasteiger partial charge in [-0.2, -0.15) is 0 Å². The first kappa shape index (κ1) is 12.4. The zero-order chi connectivity index (χ0) is 10.5. The quantitative estimate of drug-likeness (QED) is 0.682. The summed E-state index contributed by atoms with van der Waals surface area (Å²) in [5, 5.41) is 2.94. The van der Waals surface area contributed by atoms with Crippen LogP contribution < -0.4 is 11.1 Å². The third-order valence-electron chi connectivity index (χ3n) is 2.57. The standard InChI is InChI=1S/C10H22N2O/c1-5-8(6-2)12-9(13)10(4,11)7-3/h8H,5-7,11H2,1-4H3,(H,12,13). The van der Waals surface area contributed by atoms with Gasteiger partial charge in [-0.15, -0.1) is 0 Å². The Hall–Kier alpha value is -0.570. The van der Waals surface area contributed by atoms with Crippen molar-refractivity contribution in [2.24, 2.45) is 5.73 Å². The van der Waals surface area contributed by atoms with Crippen molar-refractivity contribution in [3.05, 3.63) is 0 Å². The van der Waals surface area contributed by atoms with Gasteiger partial charge in [0.15, 0.2) is 0 Å². The van der Waals surface area contributed by atoms with Crippen LogP contribution in [0.2, 0.25) is 0 Å². The average molecular weight is 186 g/mol. The number of hydrogen-bond donors (Lipinski definition) is 2. The van der Waals surface area contributed by atoms with Crippen LogP contribution >= 0.6 is 0 Å². The number of rotatable bonds is 5. The normalized spacial score (nSPS) is 15.5. The maximum absolute atomic E-state index is 11.6. The van der Waals surface area contributed by atoms with Crippen LogP contribution in [0.15, 0.2) is 0 Å². The van der Waals surface area contributed by atoms with Crippen molar-refractivity contribution in [1.82, 2.24) is 5.32 Å². The first-order chi connectivity index (χ1) is 5.97. The molecule has 3 N–H and O–H groups in total. The van der Waals surface area contributed by atoms with Crippen LogP contribution in [0.25, 0.3) is 0 Å². The van der Waals surface area contributed by atoms with E-state index in [1.807, 2.05) is 6.92 Å². The second-order valence-electron chi connectivity index (χ2n) is 3.76. The van der Waals surface area contributed by atoms with Gasteiger partial charge in [0.2, 0.25) is 5.91 Å². The van der Waals surface area contributed by atoms with Gasteiger partial charge in [0, 0.05) is 6.04 Å². The Morgan fingerprint density at radius 2 is 1.85 bits per heavy atom. The second-order valence-corrected chi connectivity index (χ2v) is 3.76. The van der Waals surface area contributed by atoms with E-state index in [2.05, 4.69) is 19.2 Å². The van der Waals surface area contributed by atoms with Crippen LogP contribution in [0.4, 0.5) is 0 Å². The molecule has 0 saturated carbocycles. The van der Waals surface area contributed by atoms with Gasteiger partial charge in [0.05, 0.1) is 5.54 Å². The highest BCUT2D eigenvalue weighted by Crippen LogP contribution is 2.06. The predicted molar refractivity (Wildman–Crippen MR) is 55.4 cm³/mol. The van der Waals surface area contributed by atoms with Gasteiger partial charge >= 0.3 is 0 Å². The predicted octanol–water partition coefficient (Wildman–Crippen LogP) is 1.42. The van der Waals surface area contributed by atoms with Gasteiger partial charge in [0.1, 0.15) is 0 Å². The Bertz CT molecular complexity index is 162. The summed E-state index contributed by atoms with van der Waals surface area (Å²) < 4.78 is 0. The summed E-state index contributed by atoms with van der Waals surface area (Å²) in [5.41, 5.74) is 5.09. The number of nitrogens with one attached hydrogen (secondary N) is 1. The summed E-state index contributed by atoms with van der Waals surface area (Å²) >= 11 is 0. The van der Waals surface area contributed by atoms with Crippen molar-refractivity contribution in [3.8, 4) is 0 Å². The first-order valence-electron chi connectivity index (χ1n) is 5.07. The summed E-state index contributed by atoms with van der Waals surface area (Å²) in [6.07, 6.45) is 2.59. The molecule has 3 heteroatoms. The monoisotopic (exact) mass is 186 g/mol. The summed E-state index contributed by atoms with van der Waals surface area (Å²) in [6.45, 7) is 7.82. The molecule has 0 aliphatic heterocycles. The molecule has 1 atom stereocenters. The lowest BCUT2D eigenvalue weighted by Gasteiger charge is -2.25. The summed E-state index contributed by atoms with van der Waals surface area (Å²) in [6, 6.07) is 0.266. The maximum Gasteiger partial charge on any atom is 0.239 e. The fourth-order valence-corrected chi connectivity index (χ4v) is 1.00. The van der Waals surface area contributed by atoms with Crippen LogP contribution in [0.3, 0.4) is 0 Å². The van der Waals surface area contributed by atoms with Crippen molar-refractivity contribution in [2.75, 3.05) is 0 Å². The number of amides is 1. The highest BCUT2D eigenvalue weighted by molar-refractivity contribution is 5.85. The number of carbonyl (C=O) groups excluding carboxylic acids is 1. The zero-order valence-corrected chi connectivity index (χ0v) is 9.18. The molecule has 0 aromatic rings. The van der Waals surface area contributed by atoms with Crippen LogP contribution in [0.1, 0.15) is 47.0 Å². The van der Waals surface area contributed by atoms with E-state index in [1.165, 1.54) is 0 Å². The molecule has 0 fully saturated rings. The molecule has 78 valence electrons. The number of nitrogens with two attached hydrogens (primary N) is 1. The molecule has 0 aromatic heterocycles. The van der Waals surface area contributed by atoms with Crippen LogP contribution in [0.5, 0.6) is 0 Å². The summed E-state index contributed by atoms with van der Waals surface area (Å²) in [4.78, 5) is 11.6.